The molecule has 2 aromatic carbocycles. The molecule has 0 atom stereocenters. The van der Waals surface area contributed by atoms with E-state index < -0.39 is 0 Å². The molecule has 0 bridgehead atoms. The lowest BCUT2D eigenvalue weighted by atomic mass is 10.1. The van der Waals surface area contributed by atoms with Gasteiger partial charge in [-0.25, -0.2) is 5.43 Å². The van der Waals surface area contributed by atoms with Gasteiger partial charge in [0.05, 0.1) is 9.78 Å². The van der Waals surface area contributed by atoms with Crippen molar-refractivity contribution in [3.63, 3.8) is 0 Å². The first kappa shape index (κ1) is 21.8. The Kier molecular flexibility index (Phi) is 6.07. The van der Waals surface area contributed by atoms with E-state index in [9.17, 15) is 4.79 Å². The molecule has 0 fully saturated rings. The third kappa shape index (κ3) is 4.34. The minimum Gasteiger partial charge on any atom is -0.450 e. The first-order valence-electron chi connectivity index (χ1n) is 9.73. The number of hydrogen-bond donors (Lipinski definition) is 1. The Morgan fingerprint density at radius 2 is 1.87 bits per heavy atom. The maximum Gasteiger partial charge on any atom is 0.307 e. The first-order chi connectivity index (χ1) is 14.7. The molecule has 0 spiro atoms. The highest BCUT2D eigenvalue weighted by atomic mass is 127. The SMILES string of the molecule is Cc1ccc(-n2c(C)cc(/C=N\NC(=O)c3cc4cc(Br)cc(I)c4o3)c2C)cc1C. The van der Waals surface area contributed by atoms with Gasteiger partial charge in [-0.3, -0.25) is 4.79 Å². The topological polar surface area (TPSA) is 59.5 Å². The summed E-state index contributed by atoms with van der Waals surface area (Å²) in [7, 11) is 0. The highest BCUT2D eigenvalue weighted by Gasteiger charge is 2.15. The average molecular weight is 590 g/mol. The second kappa shape index (κ2) is 8.63. The molecular weight excluding hydrogens is 569 g/mol. The van der Waals surface area contributed by atoms with Crippen molar-refractivity contribution in [2.24, 2.45) is 5.10 Å². The number of furan rings is 1. The van der Waals surface area contributed by atoms with E-state index in [0.29, 0.717) is 5.58 Å². The van der Waals surface area contributed by atoms with E-state index in [1.807, 2.05) is 19.1 Å². The van der Waals surface area contributed by atoms with Crippen molar-refractivity contribution < 1.29 is 9.21 Å². The zero-order valence-corrected chi connectivity index (χ0v) is 21.3. The minimum absolute atomic E-state index is 0.226. The van der Waals surface area contributed by atoms with Crippen molar-refractivity contribution in [1.82, 2.24) is 9.99 Å². The molecule has 0 aliphatic heterocycles. The quantitative estimate of drug-likeness (QED) is 0.166. The minimum atomic E-state index is -0.387. The van der Waals surface area contributed by atoms with Crippen molar-refractivity contribution in [3.05, 3.63) is 84.3 Å². The second-order valence-electron chi connectivity index (χ2n) is 7.55. The van der Waals surface area contributed by atoms with Crippen LogP contribution in [-0.2, 0) is 0 Å². The van der Waals surface area contributed by atoms with E-state index in [-0.39, 0.29) is 11.7 Å². The number of fused-ring (bicyclic) bond motifs is 1. The normalized spacial score (nSPS) is 11.5. The van der Waals surface area contributed by atoms with Crippen molar-refractivity contribution in [1.29, 1.82) is 0 Å². The summed E-state index contributed by atoms with van der Waals surface area (Å²) < 4.78 is 9.79. The van der Waals surface area contributed by atoms with Crippen LogP contribution in [0, 0.1) is 31.3 Å². The van der Waals surface area contributed by atoms with Crippen LogP contribution in [0.25, 0.3) is 16.7 Å². The fraction of sp³-hybridized carbons (Fsp3) is 0.167. The molecule has 2 aromatic heterocycles. The van der Waals surface area contributed by atoms with Crippen LogP contribution in [0.15, 0.2) is 56.5 Å². The molecule has 7 heteroatoms. The van der Waals surface area contributed by atoms with Crippen LogP contribution < -0.4 is 5.43 Å². The molecule has 0 saturated heterocycles. The molecule has 4 rings (SSSR count). The van der Waals surface area contributed by atoms with Crippen LogP contribution in [0.3, 0.4) is 0 Å². The van der Waals surface area contributed by atoms with Gasteiger partial charge in [0.15, 0.2) is 5.76 Å². The summed E-state index contributed by atoms with van der Waals surface area (Å²) in [5, 5.41) is 5.03. The molecule has 1 amide bonds. The van der Waals surface area contributed by atoms with Gasteiger partial charge < -0.3 is 8.98 Å². The predicted molar refractivity (Wildman–Crippen MR) is 136 cm³/mol. The van der Waals surface area contributed by atoms with Gasteiger partial charge in [0, 0.05) is 32.5 Å². The molecule has 0 aliphatic rings. The van der Waals surface area contributed by atoms with E-state index in [4.69, 9.17) is 4.42 Å². The third-order valence-corrected chi connectivity index (χ3v) is 6.61. The van der Waals surface area contributed by atoms with Gasteiger partial charge in [-0.05, 0) is 97.8 Å². The second-order valence-corrected chi connectivity index (χ2v) is 9.62. The number of rotatable bonds is 4. The van der Waals surface area contributed by atoms with Gasteiger partial charge in [0.25, 0.3) is 0 Å². The number of benzene rings is 2. The Morgan fingerprint density at radius 1 is 1.10 bits per heavy atom. The molecule has 0 unspecified atom stereocenters. The number of aromatic nitrogens is 1. The predicted octanol–water partition coefficient (Wildman–Crippen LogP) is 6.59. The van der Waals surface area contributed by atoms with Crippen LogP contribution in [0.5, 0.6) is 0 Å². The summed E-state index contributed by atoms with van der Waals surface area (Å²) in [5.41, 5.74) is 9.99. The van der Waals surface area contributed by atoms with Crippen LogP contribution in [0.4, 0.5) is 0 Å². The molecule has 5 nitrogen and oxygen atoms in total. The smallest absolute Gasteiger partial charge is 0.307 e. The lowest BCUT2D eigenvalue weighted by Crippen LogP contribution is -2.16. The fourth-order valence-electron chi connectivity index (χ4n) is 3.58. The number of carbonyl (C=O) groups excluding carboxylic acids is 1. The fourth-order valence-corrected chi connectivity index (χ4v) is 5.24. The summed E-state index contributed by atoms with van der Waals surface area (Å²) in [4.78, 5) is 12.5. The molecule has 0 radical (unpaired) electrons. The number of nitrogens with zero attached hydrogens (tertiary/aromatic N) is 2. The summed E-state index contributed by atoms with van der Waals surface area (Å²) in [5.74, 6) is -0.161. The Morgan fingerprint density at radius 3 is 2.61 bits per heavy atom. The number of hydrogen-bond acceptors (Lipinski definition) is 3. The van der Waals surface area contributed by atoms with Crippen LogP contribution in [-0.4, -0.2) is 16.7 Å². The number of amides is 1. The molecule has 1 N–H and O–H groups in total. The molecule has 0 aliphatic carbocycles. The summed E-state index contributed by atoms with van der Waals surface area (Å²) in [6, 6.07) is 14.1. The van der Waals surface area contributed by atoms with Crippen molar-refractivity contribution in [3.8, 4) is 5.69 Å². The highest BCUT2D eigenvalue weighted by Crippen LogP contribution is 2.28. The lowest BCUT2D eigenvalue weighted by molar-refractivity contribution is 0.0929. The van der Waals surface area contributed by atoms with E-state index >= 15 is 0 Å². The number of aryl methyl sites for hydroxylation is 3. The monoisotopic (exact) mass is 589 g/mol. The maximum absolute atomic E-state index is 12.5. The van der Waals surface area contributed by atoms with Crippen LogP contribution in [0.2, 0.25) is 0 Å². The van der Waals surface area contributed by atoms with Crippen molar-refractivity contribution >= 4 is 61.6 Å². The Balaban J connectivity index is 1.55. The first-order valence-corrected chi connectivity index (χ1v) is 11.6. The van der Waals surface area contributed by atoms with Gasteiger partial charge in [-0.1, -0.05) is 22.0 Å². The number of carbonyl (C=O) groups is 1. The molecule has 31 heavy (non-hydrogen) atoms. The molecule has 158 valence electrons. The van der Waals surface area contributed by atoms with E-state index in [1.165, 1.54) is 11.1 Å². The van der Waals surface area contributed by atoms with E-state index in [1.54, 1.807) is 12.3 Å². The van der Waals surface area contributed by atoms with E-state index in [2.05, 4.69) is 98.7 Å². The summed E-state index contributed by atoms with van der Waals surface area (Å²) in [6.45, 7) is 8.33. The number of halogens is 2. The number of hydrazone groups is 1. The zero-order chi connectivity index (χ0) is 22.3. The van der Waals surface area contributed by atoms with Crippen LogP contribution in [0.1, 0.15) is 38.6 Å². The molecule has 2 heterocycles. The zero-order valence-electron chi connectivity index (χ0n) is 17.6. The van der Waals surface area contributed by atoms with Gasteiger partial charge in [0.2, 0.25) is 0 Å². The summed E-state index contributed by atoms with van der Waals surface area (Å²) in [6.07, 6.45) is 1.67. The largest absolute Gasteiger partial charge is 0.450 e. The third-order valence-electron chi connectivity index (χ3n) is 5.35. The standard InChI is InChI=1S/C24H21BrIN3O2/c1-13-5-6-20(7-14(13)2)29-15(3)8-18(16(29)4)12-27-28-24(30)22-10-17-9-19(25)11-21(26)23(17)31-22/h5-12H,1-4H3,(H,28,30)/b27-12-. The highest BCUT2D eigenvalue weighted by molar-refractivity contribution is 14.1. The van der Waals surface area contributed by atoms with Gasteiger partial charge in [-0.2, -0.15) is 5.10 Å². The van der Waals surface area contributed by atoms with Crippen molar-refractivity contribution in [2.45, 2.75) is 27.7 Å². The molecule has 0 saturated carbocycles. The molecular formula is C24H21BrIN3O2. The van der Waals surface area contributed by atoms with Gasteiger partial charge >= 0.3 is 5.91 Å². The average Bonchev–Trinajstić information content (AvgIpc) is 3.25. The Labute approximate surface area is 202 Å². The maximum atomic E-state index is 12.5. The summed E-state index contributed by atoms with van der Waals surface area (Å²) >= 11 is 5.65. The van der Waals surface area contributed by atoms with Crippen LogP contribution >= 0.6 is 38.5 Å². The Hall–Kier alpha value is -2.39. The van der Waals surface area contributed by atoms with Crippen molar-refractivity contribution in [2.75, 3.05) is 0 Å². The number of nitrogens with one attached hydrogen (secondary N) is 1. The molecule has 4 aromatic rings. The lowest BCUT2D eigenvalue weighted by Gasteiger charge is -2.11. The van der Waals surface area contributed by atoms with E-state index in [0.717, 1.165) is 36.1 Å². The van der Waals surface area contributed by atoms with Gasteiger partial charge in [-0.15, -0.1) is 0 Å². The van der Waals surface area contributed by atoms with Gasteiger partial charge in [0.1, 0.15) is 5.58 Å². The Bertz CT molecular complexity index is 1350.